The number of hydrogen-bond donors (Lipinski definition) is 3. The minimum absolute atomic E-state index is 0.0159. The molecule has 0 radical (unpaired) electrons. The number of fused-ring (bicyclic) bond motifs is 4. The highest BCUT2D eigenvalue weighted by Gasteiger charge is 2.42. The van der Waals surface area contributed by atoms with Crippen molar-refractivity contribution in [2.45, 2.75) is 69.4 Å². The molecule has 266 valence electrons. The molecular formula is C33H39ClF3N11O2. The molecule has 0 saturated carbocycles. The van der Waals surface area contributed by atoms with Crippen LogP contribution in [0.5, 0.6) is 5.88 Å². The van der Waals surface area contributed by atoms with E-state index >= 15 is 0 Å². The maximum absolute atomic E-state index is 13.9. The second kappa shape index (κ2) is 14.2. The number of halogens is 4. The summed E-state index contributed by atoms with van der Waals surface area (Å²) in [5.74, 6) is 1.98. The van der Waals surface area contributed by atoms with E-state index in [2.05, 4.69) is 53.3 Å². The van der Waals surface area contributed by atoms with E-state index in [0.717, 1.165) is 68.4 Å². The van der Waals surface area contributed by atoms with Gasteiger partial charge in [0.25, 0.3) is 5.56 Å². The van der Waals surface area contributed by atoms with Crippen molar-refractivity contribution in [3.8, 4) is 22.8 Å². The zero-order valence-corrected chi connectivity index (χ0v) is 28.4. The molecule has 7 rings (SSSR count). The summed E-state index contributed by atoms with van der Waals surface area (Å²) in [4.78, 5) is 27.3. The highest BCUT2D eigenvalue weighted by Crippen LogP contribution is 2.35. The fraction of sp³-hybridized carbons (Fsp3) is 0.515. The Labute approximate surface area is 291 Å². The number of hydrazine groups is 1. The molecule has 6 heterocycles. The van der Waals surface area contributed by atoms with Gasteiger partial charge in [-0.15, -0.1) is 5.10 Å². The van der Waals surface area contributed by atoms with E-state index in [1.165, 1.54) is 24.5 Å². The molecule has 2 bridgehead atoms. The number of ether oxygens (including phenoxy) is 1. The maximum atomic E-state index is 13.9. The van der Waals surface area contributed by atoms with Crippen molar-refractivity contribution in [2.24, 2.45) is 11.8 Å². The van der Waals surface area contributed by atoms with E-state index in [1.807, 2.05) is 6.07 Å². The molecule has 6 atom stereocenters. The number of aromatic nitrogens is 7. The van der Waals surface area contributed by atoms with Gasteiger partial charge in [-0.25, -0.2) is 25.1 Å². The van der Waals surface area contributed by atoms with E-state index in [-0.39, 0.29) is 41.1 Å². The third-order valence-corrected chi connectivity index (χ3v) is 10.3. The Hall–Kier alpha value is -4.12. The normalized spacial score (nSPS) is 26.2. The highest BCUT2D eigenvalue weighted by molar-refractivity contribution is 6.31. The molecule has 3 N–H and O–H groups in total. The quantitative estimate of drug-likeness (QED) is 0.276. The zero-order valence-electron chi connectivity index (χ0n) is 27.6. The number of piperidine rings is 1. The number of nitrogens with zero attached hydrogens (tertiary/aromatic N) is 8. The Morgan fingerprint density at radius 1 is 1.04 bits per heavy atom. The zero-order chi connectivity index (χ0) is 35.0. The van der Waals surface area contributed by atoms with Gasteiger partial charge in [-0.05, 0) is 68.8 Å². The van der Waals surface area contributed by atoms with Crippen molar-refractivity contribution >= 4 is 17.4 Å². The molecular weight excluding hydrogens is 675 g/mol. The van der Waals surface area contributed by atoms with Crippen LogP contribution < -0.4 is 31.4 Å². The number of benzene rings is 1. The van der Waals surface area contributed by atoms with Crippen LogP contribution in [0.3, 0.4) is 0 Å². The molecule has 13 nitrogen and oxygen atoms in total. The van der Waals surface area contributed by atoms with E-state index in [9.17, 15) is 18.0 Å². The predicted molar refractivity (Wildman–Crippen MR) is 180 cm³/mol. The van der Waals surface area contributed by atoms with E-state index in [4.69, 9.17) is 16.3 Å². The van der Waals surface area contributed by atoms with Gasteiger partial charge in [0.05, 0.1) is 43.6 Å². The SMILES string of the molecule is COc1cc(N2CC3NC[C@H](C)CCC[C@H](n4cnc(-c5cc(Cl)ccc5-n5cc(C(F)(F)F)nn5)cc4=O)C4CC(CCN4)C3N2)ncn1. The summed E-state index contributed by atoms with van der Waals surface area (Å²) < 4.78 is 48.0. The van der Waals surface area contributed by atoms with E-state index in [0.29, 0.717) is 28.3 Å². The lowest BCUT2D eigenvalue weighted by Gasteiger charge is -2.40. The van der Waals surface area contributed by atoms with Gasteiger partial charge in [0, 0.05) is 40.8 Å². The first-order valence-corrected chi connectivity index (χ1v) is 17.2. The van der Waals surface area contributed by atoms with Gasteiger partial charge in [0.1, 0.15) is 12.1 Å². The van der Waals surface area contributed by atoms with Gasteiger partial charge in [-0.1, -0.05) is 30.2 Å². The number of methoxy groups -OCH3 is 1. The van der Waals surface area contributed by atoms with Gasteiger partial charge in [-0.3, -0.25) is 14.4 Å². The average Bonchev–Trinajstić information content (AvgIpc) is 3.78. The number of anilines is 1. The Morgan fingerprint density at radius 2 is 1.90 bits per heavy atom. The molecule has 50 heavy (non-hydrogen) atoms. The van der Waals surface area contributed by atoms with Crippen LogP contribution in [0.15, 0.2) is 54.0 Å². The predicted octanol–water partition coefficient (Wildman–Crippen LogP) is 4.04. The Bertz CT molecular complexity index is 1870. The van der Waals surface area contributed by atoms with Gasteiger partial charge < -0.3 is 15.4 Å². The fourth-order valence-corrected chi connectivity index (χ4v) is 7.68. The van der Waals surface area contributed by atoms with Crippen molar-refractivity contribution < 1.29 is 17.9 Å². The highest BCUT2D eigenvalue weighted by atomic mass is 35.5. The molecule has 3 aliphatic heterocycles. The van der Waals surface area contributed by atoms with Crippen molar-refractivity contribution in [3.05, 3.63) is 70.3 Å². The monoisotopic (exact) mass is 713 g/mol. The standard InChI is InChI=1S/C33H39ClF3N11O2/c1-19-4-3-5-27(24-10-20(8-9-38-24)32-25(39-14-19)15-48(44-32)29-13-30(50-2)41-17-40-29)46-18-42-23(12-31(46)49)22-11-21(34)6-7-26(22)47-16-28(43-45-47)33(35,36)37/h6-7,11-13,16-20,24-25,27,32,38-39,44H,3-5,8-10,14-15H2,1-2H3/t19-,20?,24?,25?,27+,32?/m1/s1. The molecule has 0 spiro atoms. The molecule has 3 aromatic heterocycles. The van der Waals surface area contributed by atoms with Crippen LogP contribution >= 0.6 is 11.6 Å². The molecule has 1 aromatic carbocycles. The number of alkyl halides is 3. The van der Waals surface area contributed by atoms with Crippen LogP contribution in [0, 0.1) is 11.8 Å². The van der Waals surface area contributed by atoms with Gasteiger partial charge in [-0.2, -0.15) is 13.2 Å². The summed E-state index contributed by atoms with van der Waals surface area (Å²) in [5.41, 5.74) is 3.25. The Kier molecular flexibility index (Phi) is 9.78. The molecule has 3 fully saturated rings. The van der Waals surface area contributed by atoms with Gasteiger partial charge >= 0.3 is 6.18 Å². The second-order valence-electron chi connectivity index (χ2n) is 13.4. The number of rotatable bonds is 5. The lowest BCUT2D eigenvalue weighted by atomic mass is 9.80. The van der Waals surface area contributed by atoms with Crippen LogP contribution in [0.4, 0.5) is 19.0 Å². The average molecular weight is 714 g/mol. The first kappa shape index (κ1) is 34.3. The molecule has 0 amide bonds. The fourth-order valence-electron chi connectivity index (χ4n) is 7.50. The summed E-state index contributed by atoms with van der Waals surface area (Å²) in [6.07, 6.45) is 3.71. The summed E-state index contributed by atoms with van der Waals surface area (Å²) in [6, 6.07) is 8.06. The van der Waals surface area contributed by atoms with Crippen LogP contribution in [0.25, 0.3) is 16.9 Å². The molecule has 3 aliphatic rings. The minimum atomic E-state index is -4.66. The molecule has 17 heteroatoms. The molecule has 0 aliphatic carbocycles. The first-order chi connectivity index (χ1) is 24.1. The van der Waals surface area contributed by atoms with Crippen molar-refractivity contribution in [3.63, 3.8) is 0 Å². The van der Waals surface area contributed by atoms with Crippen LogP contribution in [0.1, 0.15) is 50.8 Å². The van der Waals surface area contributed by atoms with Crippen LogP contribution in [-0.4, -0.2) is 79.4 Å². The Morgan fingerprint density at radius 3 is 2.68 bits per heavy atom. The van der Waals surface area contributed by atoms with Crippen molar-refractivity contribution in [1.82, 2.24) is 50.6 Å². The summed E-state index contributed by atoms with van der Waals surface area (Å²) in [5, 5.41) is 16.9. The summed E-state index contributed by atoms with van der Waals surface area (Å²) in [7, 11) is 1.59. The third-order valence-electron chi connectivity index (χ3n) is 10.1. The largest absolute Gasteiger partial charge is 0.481 e. The lowest BCUT2D eigenvalue weighted by molar-refractivity contribution is -0.141. The van der Waals surface area contributed by atoms with E-state index < -0.39 is 11.9 Å². The van der Waals surface area contributed by atoms with E-state index in [1.54, 1.807) is 24.1 Å². The first-order valence-electron chi connectivity index (χ1n) is 16.8. The van der Waals surface area contributed by atoms with Crippen molar-refractivity contribution in [2.75, 3.05) is 31.8 Å². The Balaban J connectivity index is 1.17. The van der Waals surface area contributed by atoms with Gasteiger partial charge in [0.15, 0.2) is 5.69 Å². The number of hydrogen-bond acceptors (Lipinski definition) is 11. The van der Waals surface area contributed by atoms with Crippen LogP contribution in [0.2, 0.25) is 5.02 Å². The molecule has 4 aromatic rings. The molecule has 4 unspecified atom stereocenters. The van der Waals surface area contributed by atoms with Crippen molar-refractivity contribution in [1.29, 1.82) is 0 Å². The number of nitrogens with one attached hydrogen (secondary N) is 3. The minimum Gasteiger partial charge on any atom is -0.481 e. The topological polar surface area (TPSA) is 140 Å². The molecule has 3 saturated heterocycles. The summed E-state index contributed by atoms with van der Waals surface area (Å²) in [6.45, 7) is 4.66. The maximum Gasteiger partial charge on any atom is 0.436 e. The summed E-state index contributed by atoms with van der Waals surface area (Å²) >= 11 is 6.31. The second-order valence-corrected chi connectivity index (χ2v) is 13.8. The van der Waals surface area contributed by atoms with Crippen LogP contribution in [-0.2, 0) is 6.18 Å². The smallest absolute Gasteiger partial charge is 0.436 e. The van der Waals surface area contributed by atoms with Gasteiger partial charge in [0.2, 0.25) is 5.88 Å². The lowest BCUT2D eigenvalue weighted by Crippen LogP contribution is -2.54. The third kappa shape index (κ3) is 7.20.